The Morgan fingerprint density at radius 1 is 0.315 bits per heavy atom. The van der Waals surface area contributed by atoms with Gasteiger partial charge in [-0.3, -0.25) is 88.1 Å². The van der Waals surface area contributed by atoms with Crippen LogP contribution in [0.15, 0.2) is 115 Å². The van der Waals surface area contributed by atoms with E-state index in [2.05, 4.69) is 148 Å². The van der Waals surface area contributed by atoms with E-state index >= 15 is 0 Å². The topological polar surface area (TPSA) is 294 Å². The molecule has 0 radical (unpaired) electrons. The van der Waals surface area contributed by atoms with Crippen molar-refractivity contribution in [1.82, 2.24) is 64.2 Å². The van der Waals surface area contributed by atoms with Gasteiger partial charge in [0.1, 0.15) is 62.5 Å². The molecule has 0 aliphatic carbocycles. The number of hydrogen-bond acceptors (Lipinski definition) is 19. The van der Waals surface area contributed by atoms with Gasteiger partial charge in [0.2, 0.25) is 0 Å². The van der Waals surface area contributed by atoms with E-state index in [1.807, 2.05) is 31.3 Å². The Labute approximate surface area is 711 Å². The zero-order valence-corrected chi connectivity index (χ0v) is 70.7. The average molecular weight is 1680 g/mol. The second-order valence-electron chi connectivity index (χ2n) is 34.4. The summed E-state index contributed by atoms with van der Waals surface area (Å²) in [6, 6.07) is 23.1. The SMILES string of the molecule is CCCCN1CC2=NCC(=O)c3cc(F)cc4[nH]c(c2c34)C1.CCCN1CC2=NCC(=O)c3cc(F)cc4[nH]c(c2c34)C1.CCCN1CC2=NCC(=O)c3cccc4[nH]c(c2c34)C1.CCN1CC2=NCC(=O)c3cc(F)cc4[nH]c(c2c34)C1.CN(C)CCN1CC2=NCC(=O)c3cccc4[nH]c(c2c34)C1.CN1CC2=NCC(=O)c3cc(F)cc4[nH]c(c2c34)C1. The molecule has 18 heterocycles. The smallest absolute Gasteiger partial charge is 0.185 e. The monoisotopic (exact) mass is 1680 g/mol. The third kappa shape index (κ3) is 15.0. The first-order valence-electron chi connectivity index (χ1n) is 43.1. The zero-order valence-electron chi connectivity index (χ0n) is 70.7. The number of halogens is 4. The van der Waals surface area contributed by atoms with Crippen molar-refractivity contribution >= 4 is 134 Å². The summed E-state index contributed by atoms with van der Waals surface area (Å²) in [5.74, 6) is -1.70. The van der Waals surface area contributed by atoms with Crippen LogP contribution in [-0.4, -0.2) is 272 Å². The second-order valence-corrected chi connectivity index (χ2v) is 34.4. The minimum Gasteiger partial charge on any atom is -0.357 e. The van der Waals surface area contributed by atoms with Crippen LogP contribution in [0.3, 0.4) is 0 Å². The number of aromatic nitrogens is 6. The van der Waals surface area contributed by atoms with Gasteiger partial charge in [-0.05, 0) is 127 Å². The lowest BCUT2D eigenvalue weighted by molar-refractivity contribution is 0.0995. The molecule has 12 aliphatic rings. The third-order valence-corrected chi connectivity index (χ3v) is 25.4. The number of ketones is 6. The predicted octanol–water partition coefficient (Wildman–Crippen LogP) is 13.2. The maximum atomic E-state index is 13.8. The van der Waals surface area contributed by atoms with E-state index in [1.54, 1.807) is 0 Å². The summed E-state index contributed by atoms with van der Waals surface area (Å²) in [6.45, 7) is 25.3. The number of nitrogens with zero attached hydrogens (tertiary/aromatic N) is 13. The van der Waals surface area contributed by atoms with Crippen molar-refractivity contribution in [3.63, 3.8) is 0 Å². The molecule has 12 aromatic rings. The molecule has 0 saturated heterocycles. The van der Waals surface area contributed by atoms with Gasteiger partial charge < -0.3 is 34.8 Å². The summed E-state index contributed by atoms with van der Waals surface area (Å²) in [5.41, 5.74) is 27.3. The standard InChI is InChI=1S/C17H18FN3O.C17H20N4O.C16H16FN3O.C16H17N3O.C15H14FN3O.C14H12FN3O/c1-2-3-4-21-8-13-17-14(9-21)20-12-6-10(18)5-11(16(12)17)15(22)7-19-13;1-20(2)6-7-21-9-13-17-14(10-21)19-12-5-3-4-11(16(12)17)15(22)8-18-13;1-2-3-20-7-12-16-13(8-20)19-11-5-9(17)4-10(15(11)16)14(21)6-18-12;1-2-6-19-8-12-16-13(9-19)18-11-5-3-4-10(15(11)16)14(20)7-17-12;1-2-19-6-11-15-12(7-19)18-10-4-8(16)3-9(14(10)15)13(20)5-17-11;1-18-5-10-14-11(6-18)17-9-3-7(15)2-8(13(9)14)12(19)4-16-10/h5-6,20H,2-4,7-9H2,1H3;3-5,19H,6-10H2,1-2H3;4-5,19H,2-3,6-8H2,1H3;3-5,18H,2,6-9H2,1H3;3-4,18H,2,5-7H2,1H3;2-3,17H,4-6H2,1H3. The van der Waals surface area contributed by atoms with E-state index in [9.17, 15) is 46.3 Å². The number of nitrogens with one attached hydrogen (secondary N) is 6. The van der Waals surface area contributed by atoms with E-state index in [-0.39, 0.29) is 97.2 Å². The molecule has 124 heavy (non-hydrogen) atoms. The molecule has 25 nitrogen and oxygen atoms in total. The van der Waals surface area contributed by atoms with Crippen LogP contribution in [0, 0.1) is 23.3 Å². The molecule has 0 atom stereocenters. The molecule has 0 amide bonds. The fraction of sp³-hybridized carbons (Fsp3) is 0.368. The van der Waals surface area contributed by atoms with Crippen LogP contribution < -0.4 is 0 Å². The highest BCUT2D eigenvalue weighted by Gasteiger charge is 2.38. The molecule has 24 rings (SSSR count). The summed E-state index contributed by atoms with van der Waals surface area (Å²) in [4.78, 5) is 137. The molecule has 0 unspecified atom stereocenters. The Hall–Kier alpha value is -12.0. The van der Waals surface area contributed by atoms with Crippen molar-refractivity contribution in [2.24, 2.45) is 30.0 Å². The molecule has 0 saturated carbocycles. The molecular formula is C95H97F4N19O6. The quantitative estimate of drug-likeness (QED) is 0.0658. The van der Waals surface area contributed by atoms with Gasteiger partial charge in [-0.1, -0.05) is 58.4 Å². The van der Waals surface area contributed by atoms with Crippen molar-refractivity contribution in [3.05, 3.63) is 209 Å². The van der Waals surface area contributed by atoms with Crippen molar-refractivity contribution < 1.29 is 46.3 Å². The molecular weight excluding hydrogens is 1580 g/mol. The highest BCUT2D eigenvalue weighted by atomic mass is 19.1. The Balaban J connectivity index is 0.0000000976. The number of benzene rings is 6. The first-order valence-corrected chi connectivity index (χ1v) is 43.1. The summed E-state index contributed by atoms with van der Waals surface area (Å²) < 4.78 is 54.9. The number of Topliss-reactive ketones (excluding diaryl/α,β-unsaturated/α-hetero) is 6. The van der Waals surface area contributed by atoms with Gasteiger partial charge in [0, 0.05) is 258 Å². The average Bonchev–Trinajstić information content (AvgIpc) is 1.62. The number of H-pyrrole nitrogens is 6. The van der Waals surface area contributed by atoms with Crippen LogP contribution >= 0.6 is 0 Å². The van der Waals surface area contributed by atoms with Crippen molar-refractivity contribution in [3.8, 4) is 0 Å². The van der Waals surface area contributed by atoms with E-state index in [1.165, 1.54) is 71.0 Å². The van der Waals surface area contributed by atoms with Gasteiger partial charge >= 0.3 is 0 Å². The maximum Gasteiger partial charge on any atom is 0.185 e. The van der Waals surface area contributed by atoms with E-state index in [0.717, 1.165) is 277 Å². The molecule has 29 heteroatoms. The number of unbranched alkanes of at least 4 members (excludes halogenated alkanes) is 1. The van der Waals surface area contributed by atoms with Crippen LogP contribution in [0.2, 0.25) is 0 Å². The Kier molecular flexibility index (Phi) is 21.9. The van der Waals surface area contributed by atoms with Crippen molar-refractivity contribution in [1.29, 1.82) is 0 Å². The molecule has 6 N–H and O–H groups in total. The lowest BCUT2D eigenvalue weighted by Crippen LogP contribution is -2.39. The molecule has 0 bridgehead atoms. The molecule has 6 aromatic heterocycles. The number of rotatable bonds is 11. The van der Waals surface area contributed by atoms with E-state index in [4.69, 9.17) is 0 Å². The van der Waals surface area contributed by atoms with Gasteiger partial charge in [-0.15, -0.1) is 0 Å². The van der Waals surface area contributed by atoms with E-state index in [0.29, 0.717) is 44.3 Å². The normalized spacial score (nSPS) is 18.1. The van der Waals surface area contributed by atoms with Gasteiger partial charge in [-0.2, -0.15) is 0 Å². The third-order valence-electron chi connectivity index (χ3n) is 25.4. The van der Waals surface area contributed by atoms with Gasteiger partial charge in [-0.25, -0.2) is 17.6 Å². The number of carbonyl (C=O) groups excluding carboxylic acids is 6. The Morgan fingerprint density at radius 3 is 0.903 bits per heavy atom. The Bertz CT molecular complexity index is 6710. The minimum absolute atomic E-state index is 0.103. The first kappa shape index (κ1) is 81.7. The number of likely N-dealkylation sites (N-methyl/N-ethyl adjacent to an activating group) is 3. The minimum atomic E-state index is -0.383. The molecule has 6 aromatic carbocycles. The van der Waals surface area contributed by atoms with Crippen LogP contribution in [0.25, 0.3) is 65.4 Å². The second kappa shape index (κ2) is 33.3. The summed E-state index contributed by atoms with van der Waals surface area (Å²) in [6.07, 6.45) is 4.49. The molecule has 0 spiro atoms. The summed E-state index contributed by atoms with van der Waals surface area (Å²) >= 11 is 0. The fourth-order valence-electron chi connectivity index (χ4n) is 20.0. The van der Waals surface area contributed by atoms with Crippen molar-refractivity contribution in [2.75, 3.05) is 139 Å². The lowest BCUT2D eigenvalue weighted by atomic mass is 9.97. The van der Waals surface area contributed by atoms with E-state index < -0.39 is 0 Å². The van der Waals surface area contributed by atoms with Crippen LogP contribution in [-0.2, 0) is 39.3 Å². The van der Waals surface area contributed by atoms with Gasteiger partial charge in [0.15, 0.2) is 34.7 Å². The predicted molar refractivity (Wildman–Crippen MR) is 476 cm³/mol. The lowest BCUT2D eigenvalue weighted by Gasteiger charge is -2.28. The molecule has 0 fully saturated rings. The highest BCUT2D eigenvalue weighted by molar-refractivity contribution is 6.28. The first-order chi connectivity index (χ1) is 60.0. The molecule has 636 valence electrons. The number of aromatic amines is 6. The number of hydrogen-bond donors (Lipinski definition) is 6. The largest absolute Gasteiger partial charge is 0.357 e. The van der Waals surface area contributed by atoms with Gasteiger partial charge in [0.05, 0.1) is 34.3 Å². The molecule has 12 aliphatic heterocycles. The van der Waals surface area contributed by atoms with Crippen LogP contribution in [0.4, 0.5) is 17.6 Å². The zero-order chi connectivity index (χ0) is 85.8. The summed E-state index contributed by atoms with van der Waals surface area (Å²) in [7, 11) is 6.18. The highest BCUT2D eigenvalue weighted by Crippen LogP contribution is 2.41. The van der Waals surface area contributed by atoms with Crippen LogP contribution in [0.5, 0.6) is 0 Å². The van der Waals surface area contributed by atoms with Crippen LogP contribution in [0.1, 0.15) is 183 Å². The summed E-state index contributed by atoms with van der Waals surface area (Å²) in [5, 5.41) is 5.55. The number of aliphatic imine (C=N–C) groups is 6. The Morgan fingerprint density at radius 2 is 0.589 bits per heavy atom. The number of carbonyl (C=O) groups is 6. The maximum absolute atomic E-state index is 13.8. The van der Waals surface area contributed by atoms with Gasteiger partial charge in [0.25, 0.3) is 0 Å². The fourth-order valence-corrected chi connectivity index (χ4v) is 20.0. The van der Waals surface area contributed by atoms with Crippen molar-refractivity contribution in [2.45, 2.75) is 92.6 Å².